The molecule has 106 valence electrons. The van der Waals surface area contributed by atoms with E-state index < -0.39 is 10.0 Å². The van der Waals surface area contributed by atoms with E-state index in [-0.39, 0.29) is 6.54 Å². The highest BCUT2D eigenvalue weighted by Gasteiger charge is 2.18. The van der Waals surface area contributed by atoms with Crippen LogP contribution in [-0.4, -0.2) is 13.4 Å². The van der Waals surface area contributed by atoms with E-state index in [2.05, 4.69) is 9.71 Å². The molecule has 1 aromatic carbocycles. The van der Waals surface area contributed by atoms with Gasteiger partial charge < -0.3 is 4.42 Å². The van der Waals surface area contributed by atoms with Crippen molar-refractivity contribution in [2.75, 3.05) is 0 Å². The maximum absolute atomic E-state index is 12.2. The van der Waals surface area contributed by atoms with Gasteiger partial charge in [0.1, 0.15) is 5.76 Å². The molecule has 0 atom stereocenters. The first-order chi connectivity index (χ1) is 9.54. The molecule has 3 rings (SSSR count). The van der Waals surface area contributed by atoms with Gasteiger partial charge in [-0.05, 0) is 49.4 Å². The van der Waals surface area contributed by atoms with E-state index in [9.17, 15) is 8.42 Å². The lowest BCUT2D eigenvalue weighted by molar-refractivity contribution is 0.463. The highest BCUT2D eigenvalue weighted by atomic mass is 32.2. The number of aryl methyl sites for hydroxylation is 3. The van der Waals surface area contributed by atoms with Gasteiger partial charge in [-0.25, -0.2) is 18.1 Å². The molecule has 1 N–H and O–H groups in total. The summed E-state index contributed by atoms with van der Waals surface area (Å²) in [5, 5.41) is 0. The number of benzene rings is 1. The molecule has 1 heterocycles. The van der Waals surface area contributed by atoms with Crippen LogP contribution >= 0.6 is 0 Å². The van der Waals surface area contributed by atoms with Crippen LogP contribution < -0.4 is 4.72 Å². The number of hydrogen-bond donors (Lipinski definition) is 1. The molecule has 1 aromatic heterocycles. The summed E-state index contributed by atoms with van der Waals surface area (Å²) in [5.41, 5.74) is 2.40. The van der Waals surface area contributed by atoms with E-state index in [0.717, 1.165) is 24.8 Å². The zero-order valence-electron chi connectivity index (χ0n) is 11.2. The molecule has 0 aliphatic heterocycles. The van der Waals surface area contributed by atoms with Gasteiger partial charge in [0.25, 0.3) is 0 Å². The predicted octanol–water partition coefficient (Wildman–Crippen LogP) is 1.95. The molecule has 0 saturated heterocycles. The van der Waals surface area contributed by atoms with Crippen LogP contribution in [0.5, 0.6) is 0 Å². The first kappa shape index (κ1) is 13.3. The summed E-state index contributed by atoms with van der Waals surface area (Å²) >= 11 is 0. The van der Waals surface area contributed by atoms with Crippen LogP contribution in [0.3, 0.4) is 0 Å². The third-order valence-corrected chi connectivity index (χ3v) is 4.86. The number of hydrogen-bond acceptors (Lipinski definition) is 4. The lowest BCUT2D eigenvalue weighted by Crippen LogP contribution is -2.23. The van der Waals surface area contributed by atoms with E-state index in [1.54, 1.807) is 25.3 Å². The van der Waals surface area contributed by atoms with Gasteiger partial charge in [-0.1, -0.05) is 6.07 Å². The van der Waals surface area contributed by atoms with Gasteiger partial charge >= 0.3 is 0 Å². The second kappa shape index (κ2) is 5.03. The van der Waals surface area contributed by atoms with Crippen molar-refractivity contribution in [3.8, 4) is 0 Å². The maximum atomic E-state index is 12.2. The normalized spacial score (nSPS) is 14.4. The molecule has 0 bridgehead atoms. The van der Waals surface area contributed by atoms with Crippen LogP contribution in [0.2, 0.25) is 0 Å². The molecule has 0 unspecified atom stereocenters. The van der Waals surface area contributed by atoms with Crippen molar-refractivity contribution in [3.05, 3.63) is 47.2 Å². The SMILES string of the molecule is Cc1cnc(CNS(=O)(=O)c2ccc3c(c2)CCC3)o1. The van der Waals surface area contributed by atoms with Crippen LogP contribution in [0.15, 0.2) is 33.7 Å². The molecule has 6 heteroatoms. The molecule has 2 aromatic rings. The molecule has 0 radical (unpaired) electrons. The summed E-state index contributed by atoms with van der Waals surface area (Å²) in [5.74, 6) is 1.03. The number of nitrogens with zero attached hydrogens (tertiary/aromatic N) is 1. The predicted molar refractivity (Wildman–Crippen MR) is 73.7 cm³/mol. The molecule has 1 aliphatic carbocycles. The third kappa shape index (κ3) is 2.62. The van der Waals surface area contributed by atoms with Gasteiger partial charge in [-0.2, -0.15) is 0 Å². The van der Waals surface area contributed by atoms with Gasteiger partial charge in [0.2, 0.25) is 15.9 Å². The van der Waals surface area contributed by atoms with Crippen molar-refractivity contribution >= 4 is 10.0 Å². The summed E-state index contributed by atoms with van der Waals surface area (Å²) < 4.78 is 32.2. The average Bonchev–Trinajstić information content (AvgIpc) is 3.04. The van der Waals surface area contributed by atoms with Gasteiger partial charge in [0, 0.05) is 0 Å². The second-order valence-corrected chi connectivity index (χ2v) is 6.74. The van der Waals surface area contributed by atoms with E-state index in [1.807, 2.05) is 6.07 Å². The third-order valence-electron chi connectivity index (χ3n) is 3.46. The summed E-state index contributed by atoms with van der Waals surface area (Å²) in [6.45, 7) is 1.83. The van der Waals surface area contributed by atoms with Crippen molar-refractivity contribution < 1.29 is 12.8 Å². The highest BCUT2D eigenvalue weighted by molar-refractivity contribution is 7.89. The average molecular weight is 292 g/mol. The fourth-order valence-electron chi connectivity index (χ4n) is 2.44. The zero-order valence-corrected chi connectivity index (χ0v) is 12.0. The Morgan fingerprint density at radius 1 is 1.30 bits per heavy atom. The quantitative estimate of drug-likeness (QED) is 0.935. The summed E-state index contributed by atoms with van der Waals surface area (Å²) in [4.78, 5) is 4.28. The number of sulfonamides is 1. The van der Waals surface area contributed by atoms with Gasteiger partial charge in [0.15, 0.2) is 0 Å². The van der Waals surface area contributed by atoms with E-state index in [0.29, 0.717) is 16.5 Å². The molecule has 0 spiro atoms. The van der Waals surface area contributed by atoms with Crippen molar-refractivity contribution in [2.45, 2.75) is 37.6 Å². The minimum Gasteiger partial charge on any atom is -0.445 e. The van der Waals surface area contributed by atoms with Crippen LogP contribution in [0.4, 0.5) is 0 Å². The number of rotatable bonds is 4. The minimum atomic E-state index is -3.52. The lowest BCUT2D eigenvalue weighted by atomic mass is 10.1. The first-order valence-corrected chi connectivity index (χ1v) is 8.06. The van der Waals surface area contributed by atoms with Gasteiger partial charge in [-0.15, -0.1) is 0 Å². The summed E-state index contributed by atoms with van der Waals surface area (Å²) in [6, 6.07) is 5.34. The Bertz CT molecular complexity index is 735. The topological polar surface area (TPSA) is 72.2 Å². The van der Waals surface area contributed by atoms with Crippen molar-refractivity contribution in [3.63, 3.8) is 0 Å². The Hall–Kier alpha value is -1.66. The lowest BCUT2D eigenvalue weighted by Gasteiger charge is -2.07. The largest absolute Gasteiger partial charge is 0.445 e. The van der Waals surface area contributed by atoms with E-state index in [1.165, 1.54) is 5.56 Å². The number of fused-ring (bicyclic) bond motifs is 1. The second-order valence-electron chi connectivity index (χ2n) is 4.97. The minimum absolute atomic E-state index is 0.0628. The fraction of sp³-hybridized carbons (Fsp3) is 0.357. The number of aromatic nitrogens is 1. The Morgan fingerprint density at radius 3 is 2.85 bits per heavy atom. The van der Waals surface area contributed by atoms with Crippen LogP contribution in [-0.2, 0) is 29.4 Å². The van der Waals surface area contributed by atoms with Gasteiger partial charge in [-0.3, -0.25) is 0 Å². The highest BCUT2D eigenvalue weighted by Crippen LogP contribution is 2.24. The van der Waals surface area contributed by atoms with Gasteiger partial charge in [0.05, 0.1) is 17.6 Å². The molecule has 1 aliphatic rings. The Kier molecular flexibility index (Phi) is 3.35. The number of nitrogens with one attached hydrogen (secondary N) is 1. The van der Waals surface area contributed by atoms with E-state index in [4.69, 9.17) is 4.42 Å². The summed E-state index contributed by atoms with van der Waals surface area (Å²) in [6.07, 6.45) is 4.66. The molecule has 20 heavy (non-hydrogen) atoms. The van der Waals surface area contributed by atoms with Crippen LogP contribution in [0.1, 0.15) is 29.2 Å². The van der Waals surface area contributed by atoms with Crippen molar-refractivity contribution in [2.24, 2.45) is 0 Å². The fourth-order valence-corrected chi connectivity index (χ4v) is 3.46. The Labute approximate surface area is 118 Å². The molecular weight excluding hydrogens is 276 g/mol. The first-order valence-electron chi connectivity index (χ1n) is 6.57. The molecule has 0 amide bonds. The molecule has 0 saturated carbocycles. The summed E-state index contributed by atoms with van der Waals surface area (Å²) in [7, 11) is -3.52. The molecular formula is C14H16N2O3S. The Morgan fingerprint density at radius 2 is 2.10 bits per heavy atom. The van der Waals surface area contributed by atoms with E-state index >= 15 is 0 Å². The Balaban J connectivity index is 1.78. The van der Waals surface area contributed by atoms with Crippen LogP contribution in [0.25, 0.3) is 0 Å². The van der Waals surface area contributed by atoms with Crippen molar-refractivity contribution in [1.29, 1.82) is 0 Å². The standard InChI is InChI=1S/C14H16N2O3S/c1-10-8-15-14(19-10)9-16-20(17,18)13-6-5-11-3-2-4-12(11)7-13/h5-8,16H,2-4,9H2,1H3. The van der Waals surface area contributed by atoms with Crippen LogP contribution in [0, 0.1) is 6.92 Å². The van der Waals surface area contributed by atoms with Crippen molar-refractivity contribution in [1.82, 2.24) is 9.71 Å². The monoisotopic (exact) mass is 292 g/mol. The molecule has 5 nitrogen and oxygen atoms in total. The smallest absolute Gasteiger partial charge is 0.241 e. The maximum Gasteiger partial charge on any atom is 0.241 e. The molecule has 0 fully saturated rings. The number of oxazole rings is 1. The zero-order chi connectivity index (χ0) is 14.2.